The maximum absolute atomic E-state index is 13.9. The summed E-state index contributed by atoms with van der Waals surface area (Å²) in [5, 5.41) is 3.21. The van der Waals surface area contributed by atoms with E-state index in [2.05, 4.69) is 39.3 Å². The molecule has 8 nitrogen and oxygen atoms in total. The van der Waals surface area contributed by atoms with E-state index in [-0.39, 0.29) is 11.9 Å². The number of amides is 2. The first-order valence-corrected chi connectivity index (χ1v) is 14.2. The Morgan fingerprint density at radius 3 is 1.98 bits per heavy atom. The third-order valence-electron chi connectivity index (χ3n) is 7.47. The van der Waals surface area contributed by atoms with Crippen LogP contribution in [0.4, 0.5) is 11.4 Å². The van der Waals surface area contributed by atoms with E-state index in [1.165, 1.54) is 30.5 Å². The molecule has 0 aromatic heterocycles. The van der Waals surface area contributed by atoms with Crippen LogP contribution in [0.15, 0.2) is 113 Å². The summed E-state index contributed by atoms with van der Waals surface area (Å²) in [6.45, 7) is 2.43. The van der Waals surface area contributed by atoms with Crippen LogP contribution in [0.3, 0.4) is 0 Å². The van der Waals surface area contributed by atoms with Crippen LogP contribution in [0.5, 0.6) is 0 Å². The lowest BCUT2D eigenvalue weighted by Gasteiger charge is -2.29. The van der Waals surface area contributed by atoms with Crippen LogP contribution in [0, 0.1) is 0 Å². The van der Waals surface area contributed by atoms with Gasteiger partial charge in [0.1, 0.15) is 0 Å². The predicted octanol–water partition coefficient (Wildman–Crippen LogP) is 4.78. The number of nitrogens with zero attached hydrogens (tertiary/aromatic N) is 4. The summed E-state index contributed by atoms with van der Waals surface area (Å²) in [4.78, 5) is 34.1. The van der Waals surface area contributed by atoms with Crippen molar-refractivity contribution in [3.63, 3.8) is 0 Å². The number of carbonyl (C=O) groups is 2. The van der Waals surface area contributed by atoms with E-state index in [4.69, 9.17) is 11.3 Å². The maximum atomic E-state index is 13.9. The summed E-state index contributed by atoms with van der Waals surface area (Å²) in [5.74, 6) is -0.928. The highest BCUT2D eigenvalue weighted by Crippen LogP contribution is 2.26. The van der Waals surface area contributed by atoms with E-state index in [1.807, 2.05) is 66.7 Å². The fraction of sp³-hybridized carbons (Fsp3) is 0.206. The van der Waals surface area contributed by atoms with Gasteiger partial charge in [0.05, 0.1) is 6.54 Å². The normalized spacial score (nSPS) is 13.4. The van der Waals surface area contributed by atoms with Crippen molar-refractivity contribution in [3.05, 3.63) is 131 Å². The molecule has 212 valence electrons. The summed E-state index contributed by atoms with van der Waals surface area (Å²) in [6, 6.07) is 33.2. The molecule has 1 aliphatic heterocycles. The minimum Gasteiger partial charge on any atom is -0.372 e. The molecular weight excluding hydrogens is 524 g/mol. The second-order valence-electron chi connectivity index (χ2n) is 10.4. The molecule has 0 radical (unpaired) electrons. The monoisotopic (exact) mass is 559 g/mol. The molecule has 0 bridgehead atoms. The molecule has 0 aliphatic carbocycles. The lowest BCUT2D eigenvalue weighted by atomic mass is 10.0. The van der Waals surface area contributed by atoms with E-state index in [9.17, 15) is 9.59 Å². The maximum Gasteiger partial charge on any atom is 0.288 e. The van der Waals surface area contributed by atoms with Crippen molar-refractivity contribution in [1.29, 1.82) is 0 Å². The number of benzene rings is 4. The largest absolute Gasteiger partial charge is 0.372 e. The first kappa shape index (κ1) is 28.4. The zero-order valence-electron chi connectivity index (χ0n) is 23.5. The molecule has 1 saturated heterocycles. The van der Waals surface area contributed by atoms with Crippen molar-refractivity contribution in [3.8, 4) is 0 Å². The third-order valence-corrected chi connectivity index (χ3v) is 7.47. The van der Waals surface area contributed by atoms with Gasteiger partial charge >= 0.3 is 0 Å². The molecule has 4 aromatic rings. The molecule has 0 unspecified atom stereocenters. The lowest BCUT2D eigenvalue weighted by molar-refractivity contribution is -0.207. The Hall–Kier alpha value is -5.11. The fourth-order valence-electron chi connectivity index (χ4n) is 5.16. The number of hydrogen-bond acceptors (Lipinski definition) is 3. The molecule has 0 saturated carbocycles. The molecule has 1 aliphatic rings. The van der Waals surface area contributed by atoms with E-state index >= 15 is 0 Å². The summed E-state index contributed by atoms with van der Waals surface area (Å²) in [6.07, 6.45) is 4.47. The Balaban J connectivity index is 1.39. The SMILES string of the molecule is NC(N=[NH2+])=NC(=O)c1ccc(CN(C(=O)c2ccc(Cc3ccccc3)cc2)c2ccc(N3CCCCC3)cc2)cc1. The zero-order chi connectivity index (χ0) is 29.3. The topological polar surface area (TPSA) is 117 Å². The molecular formula is C34H35N6O2+. The Morgan fingerprint density at radius 1 is 0.738 bits per heavy atom. The predicted molar refractivity (Wildman–Crippen MR) is 165 cm³/mol. The molecule has 5 rings (SSSR count). The Morgan fingerprint density at radius 2 is 1.33 bits per heavy atom. The second kappa shape index (κ2) is 13.5. The van der Waals surface area contributed by atoms with E-state index in [0.29, 0.717) is 17.7 Å². The van der Waals surface area contributed by atoms with Gasteiger partial charge in [0.2, 0.25) is 0 Å². The zero-order valence-corrected chi connectivity index (χ0v) is 23.5. The highest BCUT2D eigenvalue weighted by atomic mass is 16.2. The number of aliphatic imine (C=N–C) groups is 1. The first-order chi connectivity index (χ1) is 20.5. The van der Waals surface area contributed by atoms with Crippen LogP contribution < -0.4 is 21.1 Å². The van der Waals surface area contributed by atoms with Crippen molar-refractivity contribution in [2.24, 2.45) is 15.8 Å². The third kappa shape index (κ3) is 7.14. The van der Waals surface area contributed by atoms with Gasteiger partial charge in [-0.1, -0.05) is 54.6 Å². The fourth-order valence-corrected chi connectivity index (χ4v) is 5.16. The minimum atomic E-state index is -0.537. The summed E-state index contributed by atoms with van der Waals surface area (Å²) >= 11 is 0. The number of anilines is 2. The van der Waals surface area contributed by atoms with Crippen molar-refractivity contribution in [1.82, 2.24) is 0 Å². The van der Waals surface area contributed by atoms with Crippen LogP contribution in [0.1, 0.15) is 56.7 Å². The average molecular weight is 560 g/mol. The molecule has 0 atom stereocenters. The molecule has 1 heterocycles. The number of hydrogen-bond donors (Lipinski definition) is 2. The summed E-state index contributed by atoms with van der Waals surface area (Å²) in [5.41, 5.74) is 16.7. The molecule has 42 heavy (non-hydrogen) atoms. The average Bonchev–Trinajstić information content (AvgIpc) is 3.05. The van der Waals surface area contributed by atoms with Gasteiger partial charge in [-0.2, -0.15) is 4.99 Å². The molecule has 8 heteroatoms. The van der Waals surface area contributed by atoms with Gasteiger partial charge in [0, 0.05) is 40.7 Å². The van der Waals surface area contributed by atoms with Gasteiger partial charge in [-0.3, -0.25) is 9.59 Å². The highest BCUT2D eigenvalue weighted by Gasteiger charge is 2.20. The quantitative estimate of drug-likeness (QED) is 0.184. The molecule has 4 N–H and O–H groups in total. The standard InChI is InChI=1S/C34H34N6O2/c35-34(38-36)37-32(41)28-13-11-27(12-14-28)24-40(31-19-17-30(18-20-31)39-21-5-2-6-22-39)33(42)29-15-9-26(10-16-29)23-25-7-3-1-4-8-25/h1,3-4,7-20,36H,2,5-6,21-24H2,(H2,35,37,41)/p+1. The Bertz CT molecular complexity index is 1540. The van der Waals surface area contributed by atoms with Gasteiger partial charge in [0.15, 0.2) is 0 Å². The second-order valence-corrected chi connectivity index (χ2v) is 10.4. The number of carbonyl (C=O) groups excluding carboxylic acids is 2. The van der Waals surface area contributed by atoms with Gasteiger partial charge in [-0.25, -0.2) is 0 Å². The van der Waals surface area contributed by atoms with Crippen LogP contribution in [-0.2, 0) is 13.0 Å². The molecule has 4 aromatic carbocycles. The summed E-state index contributed by atoms with van der Waals surface area (Å²) < 4.78 is 0. The smallest absolute Gasteiger partial charge is 0.288 e. The van der Waals surface area contributed by atoms with Gasteiger partial charge in [-0.15, -0.1) is 5.53 Å². The van der Waals surface area contributed by atoms with Crippen molar-refractivity contribution >= 4 is 29.1 Å². The van der Waals surface area contributed by atoms with Crippen molar-refractivity contribution in [2.45, 2.75) is 32.2 Å². The number of nitrogens with two attached hydrogens (primary N) is 2. The Labute approximate surface area is 246 Å². The van der Waals surface area contributed by atoms with Gasteiger partial charge < -0.3 is 15.5 Å². The number of guanidine groups is 1. The van der Waals surface area contributed by atoms with Crippen molar-refractivity contribution < 1.29 is 15.1 Å². The summed E-state index contributed by atoms with van der Waals surface area (Å²) in [7, 11) is 0. The van der Waals surface area contributed by atoms with E-state index < -0.39 is 5.91 Å². The van der Waals surface area contributed by atoms with E-state index in [1.54, 1.807) is 17.0 Å². The van der Waals surface area contributed by atoms with Gasteiger partial charge in [0.25, 0.3) is 17.8 Å². The van der Waals surface area contributed by atoms with Crippen molar-refractivity contribution in [2.75, 3.05) is 22.9 Å². The van der Waals surface area contributed by atoms with Crippen LogP contribution in [0.25, 0.3) is 0 Å². The highest BCUT2D eigenvalue weighted by molar-refractivity contribution is 6.06. The van der Waals surface area contributed by atoms with Crippen LogP contribution >= 0.6 is 0 Å². The van der Waals surface area contributed by atoms with Crippen LogP contribution in [0.2, 0.25) is 0 Å². The first-order valence-electron chi connectivity index (χ1n) is 14.2. The van der Waals surface area contributed by atoms with E-state index in [0.717, 1.165) is 36.3 Å². The molecule has 0 spiro atoms. The number of rotatable bonds is 8. The Kier molecular flexibility index (Phi) is 9.13. The lowest BCUT2D eigenvalue weighted by Crippen LogP contribution is -2.31. The van der Waals surface area contributed by atoms with Gasteiger partial charge in [-0.05, 0) is 90.9 Å². The minimum absolute atomic E-state index is 0.103. The van der Waals surface area contributed by atoms with Crippen LogP contribution in [-0.4, -0.2) is 30.9 Å². The molecule has 2 amide bonds. The number of piperidine rings is 1. The molecule has 1 fully saturated rings.